The third-order valence-electron chi connectivity index (χ3n) is 3.08. The van der Waals surface area contributed by atoms with Gasteiger partial charge in [-0.25, -0.2) is 4.68 Å². The number of halogens is 4. The first-order chi connectivity index (χ1) is 9.84. The van der Waals surface area contributed by atoms with Crippen LogP contribution in [0.15, 0.2) is 24.4 Å². The van der Waals surface area contributed by atoms with Gasteiger partial charge in [0.1, 0.15) is 0 Å². The molecule has 3 nitrogen and oxygen atoms in total. The van der Waals surface area contributed by atoms with Gasteiger partial charge in [0.25, 0.3) is 0 Å². The zero-order chi connectivity index (χ0) is 15.6. The molecule has 0 fully saturated rings. The number of nitrogens with one attached hydrogen (secondary N) is 1. The molecule has 21 heavy (non-hydrogen) atoms. The lowest BCUT2D eigenvalue weighted by Gasteiger charge is -2.13. The maximum Gasteiger partial charge on any atom is 0.433 e. The molecule has 0 atom stereocenters. The first-order valence-corrected chi connectivity index (χ1v) is 6.83. The van der Waals surface area contributed by atoms with E-state index in [0.29, 0.717) is 17.3 Å². The van der Waals surface area contributed by atoms with Gasteiger partial charge in [0, 0.05) is 17.1 Å². The van der Waals surface area contributed by atoms with Gasteiger partial charge in [-0.1, -0.05) is 24.6 Å². The number of hydrogen-bond acceptors (Lipinski definition) is 2. The van der Waals surface area contributed by atoms with Crippen molar-refractivity contribution < 1.29 is 13.2 Å². The molecular weight excluding hydrogens is 303 g/mol. The predicted molar refractivity (Wildman–Crippen MR) is 75.7 cm³/mol. The molecular formula is C14H15ClF3N3. The normalized spacial score (nSPS) is 11.9. The van der Waals surface area contributed by atoms with Gasteiger partial charge in [0.15, 0.2) is 5.69 Å². The van der Waals surface area contributed by atoms with E-state index in [1.54, 1.807) is 19.1 Å². The molecule has 114 valence electrons. The minimum Gasteiger partial charge on any atom is -0.313 e. The number of alkyl halides is 3. The number of aryl methyl sites for hydroxylation is 1. The van der Waals surface area contributed by atoms with Gasteiger partial charge in [-0.15, -0.1) is 0 Å². The Balaban J connectivity index is 2.52. The summed E-state index contributed by atoms with van der Waals surface area (Å²) in [4.78, 5) is 0. The van der Waals surface area contributed by atoms with E-state index in [1.165, 1.54) is 12.3 Å². The van der Waals surface area contributed by atoms with Crippen LogP contribution in [0.1, 0.15) is 23.7 Å². The molecule has 2 rings (SSSR count). The lowest BCUT2D eigenvalue weighted by molar-refractivity contribution is -0.143. The fourth-order valence-corrected chi connectivity index (χ4v) is 2.16. The largest absolute Gasteiger partial charge is 0.433 e. The molecule has 1 aromatic heterocycles. The van der Waals surface area contributed by atoms with E-state index in [2.05, 4.69) is 10.4 Å². The molecule has 1 aromatic carbocycles. The Hall–Kier alpha value is -1.53. The average Bonchev–Trinajstić information content (AvgIpc) is 2.83. The van der Waals surface area contributed by atoms with Gasteiger partial charge in [0.05, 0.1) is 11.9 Å². The number of hydrogen-bond donors (Lipinski definition) is 1. The van der Waals surface area contributed by atoms with E-state index in [-0.39, 0.29) is 12.1 Å². The van der Waals surface area contributed by atoms with E-state index in [0.717, 1.165) is 10.2 Å². The van der Waals surface area contributed by atoms with Gasteiger partial charge < -0.3 is 5.32 Å². The van der Waals surface area contributed by atoms with Crippen molar-refractivity contribution in [1.82, 2.24) is 15.1 Å². The van der Waals surface area contributed by atoms with Crippen molar-refractivity contribution in [2.24, 2.45) is 0 Å². The molecule has 0 radical (unpaired) electrons. The van der Waals surface area contributed by atoms with Crippen LogP contribution in [-0.4, -0.2) is 16.3 Å². The maximum absolute atomic E-state index is 13.3. The highest BCUT2D eigenvalue weighted by molar-refractivity contribution is 6.31. The van der Waals surface area contributed by atoms with Crippen LogP contribution in [0.25, 0.3) is 5.69 Å². The van der Waals surface area contributed by atoms with Crippen molar-refractivity contribution in [3.63, 3.8) is 0 Å². The Labute approximate surface area is 125 Å². The zero-order valence-corrected chi connectivity index (χ0v) is 12.4. The van der Waals surface area contributed by atoms with Crippen molar-refractivity contribution in [1.29, 1.82) is 0 Å². The summed E-state index contributed by atoms with van der Waals surface area (Å²) >= 11 is 5.99. The van der Waals surface area contributed by atoms with Crippen LogP contribution in [0, 0.1) is 6.92 Å². The highest BCUT2D eigenvalue weighted by Gasteiger charge is 2.38. The summed E-state index contributed by atoms with van der Waals surface area (Å²) in [6.07, 6.45) is -3.25. The molecule has 0 amide bonds. The van der Waals surface area contributed by atoms with Gasteiger partial charge in [0.2, 0.25) is 0 Å². The number of rotatable bonds is 4. The van der Waals surface area contributed by atoms with Crippen molar-refractivity contribution in [2.75, 3.05) is 6.54 Å². The van der Waals surface area contributed by atoms with E-state index in [4.69, 9.17) is 11.6 Å². The predicted octanol–water partition coefficient (Wildman–Crippen LogP) is 3.96. The standard InChI is InChI=1S/C14H15ClF3N3/c1-3-19-7-10-8-20-21(13(10)14(16,17)18)11-5-4-9(2)12(15)6-11/h4-6,8,19H,3,7H2,1-2H3. The lowest BCUT2D eigenvalue weighted by atomic mass is 10.2. The Morgan fingerprint density at radius 3 is 2.62 bits per heavy atom. The molecule has 0 aliphatic carbocycles. The minimum absolute atomic E-state index is 0.112. The third-order valence-corrected chi connectivity index (χ3v) is 3.49. The summed E-state index contributed by atoms with van der Waals surface area (Å²) in [6.45, 7) is 4.32. The van der Waals surface area contributed by atoms with Crippen LogP contribution in [0.2, 0.25) is 5.02 Å². The average molecular weight is 318 g/mol. The monoisotopic (exact) mass is 317 g/mol. The number of nitrogens with zero attached hydrogens (tertiary/aromatic N) is 2. The fourth-order valence-electron chi connectivity index (χ4n) is 1.98. The molecule has 0 aliphatic heterocycles. The second-order valence-corrected chi connectivity index (χ2v) is 5.05. The van der Waals surface area contributed by atoms with E-state index >= 15 is 0 Å². The minimum atomic E-state index is -4.49. The second kappa shape index (κ2) is 6.07. The smallest absolute Gasteiger partial charge is 0.313 e. The Kier molecular flexibility index (Phi) is 4.58. The fraction of sp³-hybridized carbons (Fsp3) is 0.357. The molecule has 1 heterocycles. The second-order valence-electron chi connectivity index (χ2n) is 4.64. The van der Waals surface area contributed by atoms with Crippen molar-refractivity contribution in [2.45, 2.75) is 26.6 Å². The summed E-state index contributed by atoms with van der Waals surface area (Å²) in [6, 6.07) is 4.72. The first-order valence-electron chi connectivity index (χ1n) is 6.46. The third kappa shape index (κ3) is 3.39. The molecule has 0 saturated carbocycles. The Morgan fingerprint density at radius 2 is 2.05 bits per heavy atom. The van der Waals surface area contributed by atoms with E-state index in [1.807, 2.05) is 6.92 Å². The van der Waals surface area contributed by atoms with Crippen LogP contribution in [0.3, 0.4) is 0 Å². The Morgan fingerprint density at radius 1 is 1.33 bits per heavy atom. The molecule has 2 aromatic rings. The maximum atomic E-state index is 13.3. The van der Waals surface area contributed by atoms with E-state index < -0.39 is 11.9 Å². The zero-order valence-electron chi connectivity index (χ0n) is 11.6. The van der Waals surface area contributed by atoms with Gasteiger partial charge in [-0.05, 0) is 31.2 Å². The van der Waals surface area contributed by atoms with Crippen LogP contribution in [-0.2, 0) is 12.7 Å². The first kappa shape index (κ1) is 15.9. The van der Waals surface area contributed by atoms with Crippen LogP contribution in [0.4, 0.5) is 13.2 Å². The van der Waals surface area contributed by atoms with Gasteiger partial charge in [-0.3, -0.25) is 0 Å². The quantitative estimate of drug-likeness (QED) is 0.925. The topological polar surface area (TPSA) is 29.9 Å². The van der Waals surface area contributed by atoms with Gasteiger partial charge in [-0.2, -0.15) is 18.3 Å². The molecule has 0 aliphatic rings. The number of benzene rings is 1. The summed E-state index contributed by atoms with van der Waals surface area (Å²) in [5.74, 6) is 0. The van der Waals surface area contributed by atoms with Crippen LogP contribution in [0.5, 0.6) is 0 Å². The molecule has 0 bridgehead atoms. The lowest BCUT2D eigenvalue weighted by Crippen LogP contribution is -2.19. The van der Waals surface area contributed by atoms with Gasteiger partial charge >= 0.3 is 6.18 Å². The van der Waals surface area contributed by atoms with Crippen molar-refractivity contribution >= 4 is 11.6 Å². The molecule has 0 unspecified atom stereocenters. The van der Waals surface area contributed by atoms with E-state index in [9.17, 15) is 13.2 Å². The molecule has 7 heteroatoms. The van der Waals surface area contributed by atoms with Crippen LogP contribution >= 0.6 is 11.6 Å². The van der Waals surface area contributed by atoms with Crippen molar-refractivity contribution in [3.8, 4) is 5.69 Å². The summed E-state index contributed by atoms with van der Waals surface area (Å²) in [5.41, 5.74) is 0.430. The Bertz CT molecular complexity index is 635. The summed E-state index contributed by atoms with van der Waals surface area (Å²) in [5, 5.41) is 7.16. The molecule has 0 saturated heterocycles. The number of aromatic nitrogens is 2. The highest BCUT2D eigenvalue weighted by atomic mass is 35.5. The molecule has 0 spiro atoms. The van der Waals surface area contributed by atoms with Crippen molar-refractivity contribution in [3.05, 3.63) is 46.2 Å². The summed E-state index contributed by atoms with van der Waals surface area (Å²) < 4.78 is 40.8. The highest BCUT2D eigenvalue weighted by Crippen LogP contribution is 2.34. The summed E-state index contributed by atoms with van der Waals surface area (Å²) in [7, 11) is 0. The molecule has 1 N–H and O–H groups in total. The SMILES string of the molecule is CCNCc1cnn(-c2ccc(C)c(Cl)c2)c1C(F)(F)F. The van der Waals surface area contributed by atoms with Crippen LogP contribution < -0.4 is 5.32 Å².